The van der Waals surface area contributed by atoms with Gasteiger partial charge in [0.25, 0.3) is 0 Å². The van der Waals surface area contributed by atoms with Gasteiger partial charge in [0.2, 0.25) is 0 Å². The molecule has 2 aromatic rings. The van der Waals surface area contributed by atoms with Crippen molar-refractivity contribution < 1.29 is 17.7 Å². The molecule has 0 fully saturated rings. The standard InChI is InChI=1S/C10H12F3N5O/c1-2-3-18-5-6(4-15-18)7(14)8-16-9(19-17-8)10(11,12)13/h4-5,7H,2-3,14H2,1H3. The summed E-state index contributed by atoms with van der Waals surface area (Å²) in [4.78, 5) is 3.25. The number of nitrogens with zero attached hydrogens (tertiary/aromatic N) is 4. The van der Waals surface area contributed by atoms with Crippen LogP contribution >= 0.6 is 0 Å². The minimum absolute atomic E-state index is 0.219. The van der Waals surface area contributed by atoms with Gasteiger partial charge in [-0.25, -0.2) is 0 Å². The van der Waals surface area contributed by atoms with Crippen molar-refractivity contribution in [3.8, 4) is 0 Å². The predicted molar refractivity (Wildman–Crippen MR) is 57.8 cm³/mol. The third-order valence-electron chi connectivity index (χ3n) is 2.43. The molecule has 2 aromatic heterocycles. The number of nitrogens with two attached hydrogens (primary N) is 1. The summed E-state index contributed by atoms with van der Waals surface area (Å²) >= 11 is 0. The average Bonchev–Trinajstić information content (AvgIpc) is 2.96. The molecule has 0 saturated carbocycles. The zero-order chi connectivity index (χ0) is 14.0. The molecule has 2 rings (SSSR count). The van der Waals surface area contributed by atoms with Crippen LogP contribution in [0.25, 0.3) is 0 Å². The van der Waals surface area contributed by atoms with Crippen LogP contribution in [0.15, 0.2) is 16.9 Å². The summed E-state index contributed by atoms with van der Waals surface area (Å²) < 4.78 is 42.7. The van der Waals surface area contributed by atoms with E-state index in [1.807, 2.05) is 6.92 Å². The van der Waals surface area contributed by atoms with Gasteiger partial charge in [0.05, 0.1) is 12.2 Å². The number of hydrogen-bond donors (Lipinski definition) is 1. The second-order valence-corrected chi connectivity index (χ2v) is 3.97. The molecule has 2 heterocycles. The van der Waals surface area contributed by atoms with Gasteiger partial charge in [0, 0.05) is 18.3 Å². The Kier molecular flexibility index (Phi) is 3.56. The Balaban J connectivity index is 2.18. The highest BCUT2D eigenvalue weighted by Gasteiger charge is 2.39. The van der Waals surface area contributed by atoms with Crippen LogP contribution in [0.4, 0.5) is 13.2 Å². The van der Waals surface area contributed by atoms with Gasteiger partial charge in [-0.15, -0.1) is 0 Å². The van der Waals surface area contributed by atoms with Crippen LogP contribution in [0.5, 0.6) is 0 Å². The highest BCUT2D eigenvalue weighted by atomic mass is 19.4. The van der Waals surface area contributed by atoms with Gasteiger partial charge in [-0.2, -0.15) is 23.3 Å². The van der Waals surface area contributed by atoms with Crippen molar-refractivity contribution in [2.24, 2.45) is 5.73 Å². The molecule has 0 bridgehead atoms. The van der Waals surface area contributed by atoms with Crippen molar-refractivity contribution in [2.45, 2.75) is 32.1 Å². The Labute approximate surface area is 106 Å². The van der Waals surface area contributed by atoms with Crippen LogP contribution in [0.2, 0.25) is 0 Å². The summed E-state index contributed by atoms with van der Waals surface area (Å²) in [5, 5.41) is 7.28. The van der Waals surface area contributed by atoms with E-state index in [1.165, 1.54) is 6.20 Å². The first-order chi connectivity index (χ1) is 8.91. The van der Waals surface area contributed by atoms with Gasteiger partial charge in [-0.3, -0.25) is 4.68 Å². The molecule has 1 atom stereocenters. The molecule has 0 aliphatic carbocycles. The van der Waals surface area contributed by atoms with Crippen LogP contribution in [0, 0.1) is 0 Å². The summed E-state index contributed by atoms with van der Waals surface area (Å²) in [6, 6.07) is -0.898. The summed E-state index contributed by atoms with van der Waals surface area (Å²) in [5.74, 6) is -1.62. The zero-order valence-electron chi connectivity index (χ0n) is 10.1. The highest BCUT2D eigenvalue weighted by Crippen LogP contribution is 2.28. The molecule has 0 radical (unpaired) electrons. The van der Waals surface area contributed by atoms with Crippen LogP contribution in [-0.2, 0) is 12.7 Å². The lowest BCUT2D eigenvalue weighted by Crippen LogP contribution is -2.14. The first-order valence-corrected chi connectivity index (χ1v) is 5.60. The molecule has 104 valence electrons. The SMILES string of the molecule is CCCn1cc(C(N)c2noc(C(F)(F)F)n2)cn1. The maximum Gasteiger partial charge on any atom is 0.471 e. The summed E-state index contributed by atoms with van der Waals surface area (Å²) in [6.07, 6.45) is -0.657. The van der Waals surface area contributed by atoms with E-state index in [-0.39, 0.29) is 5.82 Å². The smallest absolute Gasteiger partial charge is 0.329 e. The third-order valence-corrected chi connectivity index (χ3v) is 2.43. The predicted octanol–water partition coefficient (Wildman–Crippen LogP) is 1.74. The second kappa shape index (κ2) is 5.00. The lowest BCUT2D eigenvalue weighted by atomic mass is 10.2. The molecule has 1 unspecified atom stereocenters. The van der Waals surface area contributed by atoms with Crippen molar-refractivity contribution in [3.63, 3.8) is 0 Å². The Morgan fingerprint density at radius 1 is 1.47 bits per heavy atom. The van der Waals surface area contributed by atoms with Crippen molar-refractivity contribution in [1.82, 2.24) is 19.9 Å². The van der Waals surface area contributed by atoms with Gasteiger partial charge in [0.1, 0.15) is 0 Å². The topological polar surface area (TPSA) is 82.8 Å². The van der Waals surface area contributed by atoms with Crippen LogP contribution in [-0.4, -0.2) is 19.9 Å². The Morgan fingerprint density at radius 3 is 2.79 bits per heavy atom. The molecular formula is C10H12F3N5O. The minimum Gasteiger partial charge on any atom is -0.329 e. The van der Waals surface area contributed by atoms with Gasteiger partial charge in [-0.05, 0) is 6.42 Å². The van der Waals surface area contributed by atoms with Gasteiger partial charge < -0.3 is 10.3 Å². The van der Waals surface area contributed by atoms with Crippen molar-refractivity contribution in [2.75, 3.05) is 0 Å². The van der Waals surface area contributed by atoms with Crippen molar-refractivity contribution >= 4 is 0 Å². The fourth-order valence-corrected chi connectivity index (χ4v) is 1.52. The van der Waals surface area contributed by atoms with E-state index < -0.39 is 18.1 Å². The van der Waals surface area contributed by atoms with Crippen LogP contribution in [0.3, 0.4) is 0 Å². The van der Waals surface area contributed by atoms with Crippen molar-refractivity contribution in [3.05, 3.63) is 29.7 Å². The number of aromatic nitrogens is 4. The lowest BCUT2D eigenvalue weighted by Gasteiger charge is -2.02. The molecule has 19 heavy (non-hydrogen) atoms. The number of hydrogen-bond acceptors (Lipinski definition) is 5. The first-order valence-electron chi connectivity index (χ1n) is 5.60. The monoisotopic (exact) mass is 275 g/mol. The molecule has 2 N–H and O–H groups in total. The van der Waals surface area contributed by atoms with Gasteiger partial charge in [0.15, 0.2) is 5.82 Å². The van der Waals surface area contributed by atoms with E-state index in [4.69, 9.17) is 5.73 Å². The lowest BCUT2D eigenvalue weighted by molar-refractivity contribution is -0.159. The molecule has 0 amide bonds. The number of alkyl halides is 3. The van der Waals surface area contributed by atoms with E-state index >= 15 is 0 Å². The fourth-order valence-electron chi connectivity index (χ4n) is 1.52. The highest BCUT2D eigenvalue weighted by molar-refractivity contribution is 5.18. The number of halogens is 3. The maximum atomic E-state index is 12.3. The van der Waals surface area contributed by atoms with E-state index in [1.54, 1.807) is 10.9 Å². The molecule has 0 spiro atoms. The summed E-state index contributed by atoms with van der Waals surface area (Å²) in [7, 11) is 0. The van der Waals surface area contributed by atoms with E-state index in [0.29, 0.717) is 12.1 Å². The number of rotatable bonds is 4. The normalized spacial score (nSPS) is 13.7. The molecule has 0 aromatic carbocycles. The zero-order valence-corrected chi connectivity index (χ0v) is 10.1. The first kappa shape index (κ1) is 13.5. The van der Waals surface area contributed by atoms with Crippen LogP contribution < -0.4 is 5.73 Å². The molecule has 9 heteroatoms. The molecule has 0 aliphatic heterocycles. The molecule has 6 nitrogen and oxygen atoms in total. The summed E-state index contributed by atoms with van der Waals surface area (Å²) in [5.41, 5.74) is 6.31. The quantitative estimate of drug-likeness (QED) is 0.919. The second-order valence-electron chi connectivity index (χ2n) is 3.97. The number of aryl methyl sites for hydroxylation is 1. The molecular weight excluding hydrogens is 263 g/mol. The average molecular weight is 275 g/mol. The maximum absolute atomic E-state index is 12.3. The van der Waals surface area contributed by atoms with Gasteiger partial charge >= 0.3 is 12.1 Å². The van der Waals surface area contributed by atoms with Gasteiger partial charge in [-0.1, -0.05) is 12.1 Å². The Hall–Kier alpha value is -1.90. The summed E-state index contributed by atoms with van der Waals surface area (Å²) in [6.45, 7) is 2.68. The van der Waals surface area contributed by atoms with Crippen LogP contribution in [0.1, 0.15) is 36.7 Å². The minimum atomic E-state index is -4.67. The van der Waals surface area contributed by atoms with E-state index in [0.717, 1.165) is 6.42 Å². The third kappa shape index (κ3) is 2.92. The fraction of sp³-hybridized carbons (Fsp3) is 0.500. The van der Waals surface area contributed by atoms with Crippen molar-refractivity contribution in [1.29, 1.82) is 0 Å². The Bertz CT molecular complexity index is 547. The molecule has 0 saturated heterocycles. The van der Waals surface area contributed by atoms with E-state index in [2.05, 4.69) is 19.8 Å². The molecule has 0 aliphatic rings. The Morgan fingerprint density at radius 2 is 2.21 bits per heavy atom. The van der Waals surface area contributed by atoms with E-state index in [9.17, 15) is 13.2 Å². The largest absolute Gasteiger partial charge is 0.471 e.